The molecule has 0 bridgehead atoms. The zero-order chi connectivity index (χ0) is 11.3. The molecule has 2 N–H and O–H groups in total. The van der Waals surface area contributed by atoms with E-state index < -0.39 is 16.1 Å². The van der Waals surface area contributed by atoms with Crippen molar-refractivity contribution in [1.29, 1.82) is 0 Å². The Bertz CT molecular complexity index is 270. The molecule has 1 unspecified atom stereocenters. The Kier molecular flexibility index (Phi) is 5.02. The fourth-order valence-electron chi connectivity index (χ4n) is 1.85. The van der Waals surface area contributed by atoms with E-state index in [-0.39, 0.29) is 11.8 Å². The van der Waals surface area contributed by atoms with Crippen LogP contribution in [0.3, 0.4) is 0 Å². The predicted molar refractivity (Wildman–Crippen MR) is 60.1 cm³/mol. The highest BCUT2D eigenvalue weighted by atomic mass is 32.2. The van der Waals surface area contributed by atoms with Gasteiger partial charge in [0.05, 0.1) is 11.4 Å². The quantitative estimate of drug-likeness (QED) is 0.747. The van der Waals surface area contributed by atoms with Gasteiger partial charge >= 0.3 is 0 Å². The molecule has 0 aromatic rings. The van der Waals surface area contributed by atoms with E-state index >= 15 is 0 Å². The Labute approximate surface area is 92.1 Å². The third-order valence-electron chi connectivity index (χ3n) is 2.98. The lowest BCUT2D eigenvalue weighted by molar-refractivity contribution is 0.174. The summed E-state index contributed by atoms with van der Waals surface area (Å²) in [4.78, 5) is 0. The third-order valence-corrected chi connectivity index (χ3v) is 4.90. The monoisotopic (exact) mass is 235 g/mol. The summed E-state index contributed by atoms with van der Waals surface area (Å²) in [7, 11) is -3.20. The number of aliphatic hydroxyl groups excluding tert-OH is 1. The molecule has 0 heterocycles. The summed E-state index contributed by atoms with van der Waals surface area (Å²) in [5, 5.41) is 9.05. The van der Waals surface area contributed by atoms with E-state index in [2.05, 4.69) is 4.72 Å². The summed E-state index contributed by atoms with van der Waals surface area (Å²) in [6.45, 7) is 1.98. The molecule has 1 aliphatic carbocycles. The van der Waals surface area contributed by atoms with Gasteiger partial charge in [-0.25, -0.2) is 13.1 Å². The number of nitrogens with one attached hydrogen (secondary N) is 1. The smallest absolute Gasteiger partial charge is 0.214 e. The maximum atomic E-state index is 11.8. The first-order valence-corrected chi connectivity index (χ1v) is 7.27. The van der Waals surface area contributed by atoms with Crippen LogP contribution in [0.5, 0.6) is 0 Å². The zero-order valence-electron chi connectivity index (χ0n) is 9.28. The van der Waals surface area contributed by atoms with Crippen LogP contribution < -0.4 is 4.72 Å². The van der Waals surface area contributed by atoms with Crippen LogP contribution in [0.2, 0.25) is 0 Å². The molecule has 0 amide bonds. The van der Waals surface area contributed by atoms with Crippen molar-refractivity contribution in [1.82, 2.24) is 4.72 Å². The number of hydrogen-bond donors (Lipinski definition) is 2. The summed E-state index contributed by atoms with van der Waals surface area (Å²) in [6.07, 6.45) is 4.68. The molecule has 90 valence electrons. The zero-order valence-corrected chi connectivity index (χ0v) is 10.1. The van der Waals surface area contributed by atoms with Gasteiger partial charge in [0, 0.05) is 6.54 Å². The maximum absolute atomic E-state index is 11.8. The van der Waals surface area contributed by atoms with Gasteiger partial charge < -0.3 is 5.11 Å². The van der Waals surface area contributed by atoms with Gasteiger partial charge in [-0.2, -0.15) is 0 Å². The predicted octanol–water partition coefficient (Wildman–Crippen LogP) is 1.01. The van der Waals surface area contributed by atoms with Crippen molar-refractivity contribution in [3.8, 4) is 0 Å². The molecule has 5 heteroatoms. The summed E-state index contributed by atoms with van der Waals surface area (Å²) in [5.74, 6) is 0. The van der Waals surface area contributed by atoms with Crippen molar-refractivity contribution >= 4 is 10.0 Å². The van der Waals surface area contributed by atoms with E-state index in [0.717, 1.165) is 32.1 Å². The summed E-state index contributed by atoms with van der Waals surface area (Å²) < 4.78 is 26.1. The average molecular weight is 235 g/mol. The van der Waals surface area contributed by atoms with Gasteiger partial charge in [0.25, 0.3) is 0 Å². The molecule has 0 aliphatic heterocycles. The highest BCUT2D eigenvalue weighted by Crippen LogP contribution is 2.22. The molecular formula is C10H21NO3S. The number of sulfonamides is 1. The van der Waals surface area contributed by atoms with E-state index in [1.54, 1.807) is 0 Å². The highest BCUT2D eigenvalue weighted by Gasteiger charge is 2.26. The molecule has 0 spiro atoms. The van der Waals surface area contributed by atoms with Crippen LogP contribution in [-0.4, -0.2) is 31.4 Å². The van der Waals surface area contributed by atoms with Gasteiger partial charge in [-0.15, -0.1) is 0 Å². The molecule has 0 saturated heterocycles. The normalized spacial score (nSPS) is 21.5. The van der Waals surface area contributed by atoms with Crippen LogP contribution in [0.25, 0.3) is 0 Å². The first-order valence-electron chi connectivity index (χ1n) is 5.73. The molecule has 4 nitrogen and oxygen atoms in total. The van der Waals surface area contributed by atoms with Crippen LogP contribution in [0.15, 0.2) is 0 Å². The van der Waals surface area contributed by atoms with Crippen LogP contribution in [-0.2, 0) is 10.0 Å². The van der Waals surface area contributed by atoms with Crippen molar-refractivity contribution in [2.75, 3.05) is 6.54 Å². The number of hydrogen-bond acceptors (Lipinski definition) is 3. The van der Waals surface area contributed by atoms with Gasteiger partial charge in [0.15, 0.2) is 0 Å². The first kappa shape index (κ1) is 12.9. The van der Waals surface area contributed by atoms with E-state index in [1.165, 1.54) is 0 Å². The molecule has 1 aliphatic rings. The second-order valence-corrected chi connectivity index (χ2v) is 6.26. The Balaban J connectivity index is 2.43. The van der Waals surface area contributed by atoms with Gasteiger partial charge in [-0.1, -0.05) is 26.2 Å². The lowest BCUT2D eigenvalue weighted by atomic mass is 10.0. The van der Waals surface area contributed by atoms with Gasteiger partial charge in [-0.3, -0.25) is 0 Å². The molecule has 1 atom stereocenters. The average Bonchev–Trinajstić information content (AvgIpc) is 2.27. The second kappa shape index (κ2) is 5.82. The number of rotatable bonds is 5. The van der Waals surface area contributed by atoms with Crippen molar-refractivity contribution in [2.24, 2.45) is 0 Å². The van der Waals surface area contributed by atoms with Crippen molar-refractivity contribution < 1.29 is 13.5 Å². The number of aliphatic hydroxyl groups is 1. The van der Waals surface area contributed by atoms with Crippen molar-refractivity contribution in [3.63, 3.8) is 0 Å². The molecular weight excluding hydrogens is 214 g/mol. The van der Waals surface area contributed by atoms with Crippen LogP contribution in [0, 0.1) is 0 Å². The Hall–Kier alpha value is -0.130. The molecule has 0 radical (unpaired) electrons. The minimum atomic E-state index is -3.20. The first-order chi connectivity index (χ1) is 7.06. The Morgan fingerprint density at radius 3 is 2.47 bits per heavy atom. The van der Waals surface area contributed by atoms with Gasteiger partial charge in [-0.05, 0) is 19.3 Å². The van der Waals surface area contributed by atoms with Crippen LogP contribution in [0.1, 0.15) is 45.4 Å². The van der Waals surface area contributed by atoms with Crippen LogP contribution >= 0.6 is 0 Å². The Morgan fingerprint density at radius 2 is 1.93 bits per heavy atom. The standard InChI is InChI=1S/C10H21NO3S/c1-2-9(12)8-11-15(13,14)10-6-4-3-5-7-10/h9-12H,2-8H2,1H3. The largest absolute Gasteiger partial charge is 0.392 e. The SMILES string of the molecule is CCC(O)CNS(=O)(=O)C1CCCCC1. The molecule has 1 rings (SSSR count). The lowest BCUT2D eigenvalue weighted by Gasteiger charge is -2.22. The molecule has 15 heavy (non-hydrogen) atoms. The minimum absolute atomic E-state index is 0.148. The molecule has 1 saturated carbocycles. The van der Waals surface area contributed by atoms with Gasteiger partial charge in [0.1, 0.15) is 0 Å². The molecule has 0 aromatic carbocycles. The lowest BCUT2D eigenvalue weighted by Crippen LogP contribution is -2.39. The van der Waals surface area contributed by atoms with E-state index in [4.69, 9.17) is 0 Å². The molecule has 0 aromatic heterocycles. The van der Waals surface area contributed by atoms with Crippen LogP contribution in [0.4, 0.5) is 0 Å². The van der Waals surface area contributed by atoms with E-state index in [1.807, 2.05) is 6.92 Å². The maximum Gasteiger partial charge on any atom is 0.214 e. The second-order valence-electron chi connectivity index (χ2n) is 4.22. The fraction of sp³-hybridized carbons (Fsp3) is 1.00. The topological polar surface area (TPSA) is 66.4 Å². The van der Waals surface area contributed by atoms with E-state index in [9.17, 15) is 13.5 Å². The highest BCUT2D eigenvalue weighted by molar-refractivity contribution is 7.90. The van der Waals surface area contributed by atoms with Crippen molar-refractivity contribution in [3.05, 3.63) is 0 Å². The Morgan fingerprint density at radius 1 is 1.33 bits per heavy atom. The fourth-order valence-corrected chi connectivity index (χ4v) is 3.46. The summed E-state index contributed by atoms with van der Waals surface area (Å²) in [6, 6.07) is 0. The third kappa shape index (κ3) is 4.09. The summed E-state index contributed by atoms with van der Waals surface area (Å²) in [5.41, 5.74) is 0. The summed E-state index contributed by atoms with van der Waals surface area (Å²) >= 11 is 0. The van der Waals surface area contributed by atoms with Crippen molar-refractivity contribution in [2.45, 2.75) is 56.8 Å². The minimum Gasteiger partial charge on any atom is -0.392 e. The van der Waals surface area contributed by atoms with E-state index in [0.29, 0.717) is 6.42 Å². The van der Waals surface area contributed by atoms with Gasteiger partial charge in [0.2, 0.25) is 10.0 Å². The molecule has 1 fully saturated rings.